The lowest BCUT2D eigenvalue weighted by atomic mass is 9.93. The molecule has 0 aromatic heterocycles. The van der Waals surface area contributed by atoms with E-state index >= 15 is 0 Å². The highest BCUT2D eigenvalue weighted by molar-refractivity contribution is 6.08. The maximum Gasteiger partial charge on any atom is 0.132 e. The third-order valence-electron chi connectivity index (χ3n) is 5.36. The smallest absolute Gasteiger partial charge is 0.132 e. The zero-order valence-corrected chi connectivity index (χ0v) is 17.9. The molecular weight excluding hydrogens is 354 g/mol. The number of nitrogens with one attached hydrogen (secondary N) is 1. The number of fused-ring (bicyclic) bond motifs is 1. The Hall–Kier alpha value is -2.65. The third-order valence-corrected chi connectivity index (χ3v) is 5.36. The van der Waals surface area contributed by atoms with Crippen molar-refractivity contribution in [2.75, 3.05) is 19.6 Å². The van der Waals surface area contributed by atoms with Crippen molar-refractivity contribution in [1.82, 2.24) is 10.2 Å². The number of hydrogen-bond donors (Lipinski definition) is 1. The first-order valence-electron chi connectivity index (χ1n) is 10.6. The Bertz CT molecular complexity index is 1020. The van der Waals surface area contributed by atoms with Crippen LogP contribution in [0.2, 0.25) is 0 Å². The predicted molar refractivity (Wildman–Crippen MR) is 125 cm³/mol. The Labute approximate surface area is 174 Å². The Kier molecular flexibility index (Phi) is 5.42. The van der Waals surface area contributed by atoms with Gasteiger partial charge in [0.05, 0.1) is 5.54 Å². The van der Waals surface area contributed by atoms with Crippen LogP contribution >= 0.6 is 0 Å². The lowest BCUT2D eigenvalue weighted by Gasteiger charge is -2.36. The summed E-state index contributed by atoms with van der Waals surface area (Å²) < 4.78 is 0. The van der Waals surface area contributed by atoms with E-state index in [-0.39, 0.29) is 5.54 Å². The molecule has 3 nitrogen and oxygen atoms in total. The van der Waals surface area contributed by atoms with Crippen molar-refractivity contribution >= 4 is 16.6 Å². The van der Waals surface area contributed by atoms with Crippen LogP contribution in [0.15, 0.2) is 71.7 Å². The van der Waals surface area contributed by atoms with Crippen LogP contribution in [0.3, 0.4) is 0 Å². The number of nitrogens with zero attached hydrogens (tertiary/aromatic N) is 2. The summed E-state index contributed by atoms with van der Waals surface area (Å²) in [7, 11) is 0. The molecule has 1 unspecified atom stereocenters. The second kappa shape index (κ2) is 8.00. The normalized spacial score (nSPS) is 18.3. The van der Waals surface area contributed by atoms with E-state index in [0.29, 0.717) is 6.04 Å². The molecular formula is C26H31N3. The van der Waals surface area contributed by atoms with Crippen LogP contribution in [0.25, 0.3) is 21.9 Å². The topological polar surface area (TPSA) is 27.6 Å². The number of amidine groups is 1. The van der Waals surface area contributed by atoms with Crippen molar-refractivity contribution in [3.63, 3.8) is 0 Å². The largest absolute Gasteiger partial charge is 0.354 e. The Morgan fingerprint density at radius 2 is 1.62 bits per heavy atom. The van der Waals surface area contributed by atoms with Gasteiger partial charge in [-0.05, 0) is 49.6 Å². The molecule has 1 aliphatic heterocycles. The minimum atomic E-state index is -0.144. The molecule has 0 radical (unpaired) electrons. The summed E-state index contributed by atoms with van der Waals surface area (Å²) in [5, 5.41) is 6.11. The minimum Gasteiger partial charge on any atom is -0.354 e. The summed E-state index contributed by atoms with van der Waals surface area (Å²) >= 11 is 0. The molecule has 3 aromatic rings. The minimum absolute atomic E-state index is 0.144. The molecule has 1 heterocycles. The van der Waals surface area contributed by atoms with Crippen LogP contribution in [0.1, 0.15) is 33.3 Å². The van der Waals surface area contributed by atoms with Gasteiger partial charge in [0.1, 0.15) is 5.84 Å². The molecule has 4 rings (SSSR count). The van der Waals surface area contributed by atoms with Crippen LogP contribution in [-0.2, 0) is 0 Å². The Morgan fingerprint density at radius 1 is 0.931 bits per heavy atom. The van der Waals surface area contributed by atoms with Crippen LogP contribution in [-0.4, -0.2) is 42.0 Å². The molecule has 3 heteroatoms. The van der Waals surface area contributed by atoms with E-state index in [1.165, 1.54) is 27.5 Å². The maximum absolute atomic E-state index is 5.22. The van der Waals surface area contributed by atoms with Crippen LogP contribution in [0.5, 0.6) is 0 Å². The lowest BCUT2D eigenvalue weighted by Crippen LogP contribution is -2.52. The molecule has 3 aromatic carbocycles. The van der Waals surface area contributed by atoms with Crippen molar-refractivity contribution in [3.05, 3.63) is 72.3 Å². The lowest BCUT2D eigenvalue weighted by molar-refractivity contribution is 0.301. The van der Waals surface area contributed by atoms with E-state index in [1.807, 2.05) is 0 Å². The van der Waals surface area contributed by atoms with Gasteiger partial charge in [-0.15, -0.1) is 0 Å². The Balaban J connectivity index is 1.90. The first-order valence-corrected chi connectivity index (χ1v) is 10.6. The first-order chi connectivity index (χ1) is 13.9. The van der Waals surface area contributed by atoms with Gasteiger partial charge >= 0.3 is 0 Å². The summed E-state index contributed by atoms with van der Waals surface area (Å²) in [5.74, 6) is 1.11. The van der Waals surface area contributed by atoms with Crippen molar-refractivity contribution in [2.24, 2.45) is 4.99 Å². The molecule has 1 saturated heterocycles. The SMILES string of the molecule is CC1CN(C(=NC(C)(C)C)c2ccccc2-c2cccc3ccccc23)CCN1. The van der Waals surface area contributed by atoms with Gasteiger partial charge in [-0.3, -0.25) is 4.99 Å². The maximum atomic E-state index is 5.22. The quantitative estimate of drug-likeness (QED) is 0.476. The van der Waals surface area contributed by atoms with Crippen molar-refractivity contribution in [3.8, 4) is 11.1 Å². The van der Waals surface area contributed by atoms with E-state index in [0.717, 1.165) is 25.5 Å². The van der Waals surface area contributed by atoms with Gasteiger partial charge < -0.3 is 10.2 Å². The predicted octanol–water partition coefficient (Wildman–Crippen LogP) is 5.35. The van der Waals surface area contributed by atoms with Gasteiger partial charge in [-0.2, -0.15) is 0 Å². The molecule has 0 aliphatic carbocycles. The summed E-state index contributed by atoms with van der Waals surface area (Å²) in [6.07, 6.45) is 0. The first kappa shape index (κ1) is 19.7. The number of piperazine rings is 1. The molecule has 1 atom stereocenters. The van der Waals surface area contributed by atoms with Crippen LogP contribution in [0, 0.1) is 0 Å². The molecule has 0 spiro atoms. The van der Waals surface area contributed by atoms with E-state index < -0.39 is 0 Å². The number of rotatable bonds is 2. The molecule has 1 fully saturated rings. The van der Waals surface area contributed by atoms with Gasteiger partial charge in [0.25, 0.3) is 0 Å². The standard InChI is InChI=1S/C26H31N3/c1-19-18-29(17-16-27-19)25(28-26(2,3)4)24-14-8-7-13-23(24)22-15-9-11-20-10-5-6-12-21(20)22/h5-15,19,27H,16-18H2,1-4H3. The Morgan fingerprint density at radius 3 is 2.41 bits per heavy atom. The average molecular weight is 386 g/mol. The third kappa shape index (κ3) is 4.35. The van der Waals surface area contributed by atoms with Gasteiger partial charge in [0.2, 0.25) is 0 Å². The van der Waals surface area contributed by atoms with Crippen molar-refractivity contribution < 1.29 is 0 Å². The van der Waals surface area contributed by atoms with Gasteiger partial charge in [0.15, 0.2) is 0 Å². The second-order valence-corrected chi connectivity index (χ2v) is 8.98. The zero-order chi connectivity index (χ0) is 20.4. The molecule has 1 aliphatic rings. The summed E-state index contributed by atoms with van der Waals surface area (Å²) in [5.41, 5.74) is 3.59. The zero-order valence-electron chi connectivity index (χ0n) is 17.9. The highest BCUT2D eigenvalue weighted by Crippen LogP contribution is 2.32. The molecule has 29 heavy (non-hydrogen) atoms. The van der Waals surface area contributed by atoms with Crippen molar-refractivity contribution in [2.45, 2.75) is 39.3 Å². The van der Waals surface area contributed by atoms with E-state index in [1.54, 1.807) is 0 Å². The number of benzene rings is 3. The van der Waals surface area contributed by atoms with E-state index in [2.05, 4.69) is 105 Å². The van der Waals surface area contributed by atoms with Crippen molar-refractivity contribution in [1.29, 1.82) is 0 Å². The fourth-order valence-electron chi connectivity index (χ4n) is 4.12. The van der Waals surface area contributed by atoms with Gasteiger partial charge in [-0.25, -0.2) is 0 Å². The van der Waals surface area contributed by atoms with Gasteiger partial charge in [-0.1, -0.05) is 66.7 Å². The van der Waals surface area contributed by atoms with E-state index in [4.69, 9.17) is 4.99 Å². The van der Waals surface area contributed by atoms with Gasteiger partial charge in [0, 0.05) is 31.2 Å². The molecule has 0 amide bonds. The number of aliphatic imine (C=N–C) groups is 1. The highest BCUT2D eigenvalue weighted by atomic mass is 15.2. The number of hydrogen-bond acceptors (Lipinski definition) is 2. The molecule has 150 valence electrons. The molecule has 0 saturated carbocycles. The summed E-state index contributed by atoms with van der Waals surface area (Å²) in [4.78, 5) is 7.67. The molecule has 0 bridgehead atoms. The molecule has 1 N–H and O–H groups in total. The monoisotopic (exact) mass is 385 g/mol. The van der Waals surface area contributed by atoms with E-state index in [9.17, 15) is 0 Å². The second-order valence-electron chi connectivity index (χ2n) is 8.98. The fraction of sp³-hybridized carbons (Fsp3) is 0.346. The van der Waals surface area contributed by atoms with Crippen LogP contribution in [0.4, 0.5) is 0 Å². The van der Waals surface area contributed by atoms with Crippen LogP contribution < -0.4 is 5.32 Å². The average Bonchev–Trinajstić information content (AvgIpc) is 2.71. The highest BCUT2D eigenvalue weighted by Gasteiger charge is 2.24. The summed E-state index contributed by atoms with van der Waals surface area (Å²) in [6.45, 7) is 11.7. The summed E-state index contributed by atoms with van der Waals surface area (Å²) in [6, 6.07) is 24.4. The fourth-order valence-corrected chi connectivity index (χ4v) is 4.12.